The summed E-state index contributed by atoms with van der Waals surface area (Å²) in [6, 6.07) is 14.1. The third-order valence-electron chi connectivity index (χ3n) is 5.42. The summed E-state index contributed by atoms with van der Waals surface area (Å²) in [7, 11) is 1.69. The van der Waals surface area contributed by atoms with Crippen molar-refractivity contribution in [2.24, 2.45) is 16.6 Å². The molecule has 1 unspecified atom stereocenters. The van der Waals surface area contributed by atoms with Crippen molar-refractivity contribution in [2.75, 3.05) is 20.1 Å². The lowest BCUT2D eigenvalue weighted by atomic mass is 9.96. The van der Waals surface area contributed by atoms with Crippen LogP contribution in [0.2, 0.25) is 5.02 Å². The van der Waals surface area contributed by atoms with E-state index in [0.29, 0.717) is 18.9 Å². The van der Waals surface area contributed by atoms with Gasteiger partial charge in [-0.25, -0.2) is 4.39 Å². The number of guanidine groups is 1. The number of hydrogen-bond acceptors (Lipinski definition) is 2. The second-order valence-corrected chi connectivity index (χ2v) is 7.96. The number of benzene rings is 2. The standard InChI is InChI=1S/C22H26ClFN4O.HI/c1-26-21(28-14-22(9-10-22)17-3-2-4-18(23)12-17)27-13-16(20(25)29)11-15-5-7-19(24)8-6-15;/h2-8,12,16H,9-11,13-14H2,1H3,(H2,25,29)(H2,26,27,28);1H. The van der Waals surface area contributed by atoms with E-state index in [4.69, 9.17) is 17.3 Å². The van der Waals surface area contributed by atoms with Crippen molar-refractivity contribution >= 4 is 47.4 Å². The largest absolute Gasteiger partial charge is 0.369 e. The van der Waals surface area contributed by atoms with Gasteiger partial charge in [0, 0.05) is 30.6 Å². The average molecular weight is 545 g/mol. The first kappa shape index (κ1) is 24.4. The van der Waals surface area contributed by atoms with Gasteiger partial charge >= 0.3 is 0 Å². The monoisotopic (exact) mass is 544 g/mol. The molecule has 5 nitrogen and oxygen atoms in total. The fourth-order valence-corrected chi connectivity index (χ4v) is 3.60. The number of carbonyl (C=O) groups excluding carboxylic acids is 1. The molecule has 0 aromatic heterocycles. The molecule has 0 saturated heterocycles. The van der Waals surface area contributed by atoms with Crippen LogP contribution in [0.3, 0.4) is 0 Å². The Morgan fingerprint density at radius 3 is 2.50 bits per heavy atom. The van der Waals surface area contributed by atoms with Crippen LogP contribution in [0.5, 0.6) is 0 Å². The Morgan fingerprint density at radius 1 is 1.23 bits per heavy atom. The highest BCUT2D eigenvalue weighted by Gasteiger charge is 2.44. The quantitative estimate of drug-likeness (QED) is 0.270. The molecular weight excluding hydrogens is 518 g/mol. The van der Waals surface area contributed by atoms with Crippen molar-refractivity contribution in [3.63, 3.8) is 0 Å². The van der Waals surface area contributed by atoms with Crippen LogP contribution in [-0.4, -0.2) is 32.0 Å². The van der Waals surface area contributed by atoms with Crippen LogP contribution in [0.1, 0.15) is 24.0 Å². The molecule has 0 radical (unpaired) electrons. The summed E-state index contributed by atoms with van der Waals surface area (Å²) >= 11 is 6.14. The van der Waals surface area contributed by atoms with E-state index in [2.05, 4.69) is 21.7 Å². The molecule has 0 bridgehead atoms. The van der Waals surface area contributed by atoms with Crippen LogP contribution in [0.4, 0.5) is 4.39 Å². The maximum Gasteiger partial charge on any atom is 0.222 e. The molecule has 0 spiro atoms. The van der Waals surface area contributed by atoms with Gasteiger partial charge in [-0.2, -0.15) is 0 Å². The topological polar surface area (TPSA) is 79.5 Å². The lowest BCUT2D eigenvalue weighted by Gasteiger charge is -2.21. The van der Waals surface area contributed by atoms with Gasteiger partial charge in [0.15, 0.2) is 5.96 Å². The number of carbonyl (C=O) groups is 1. The van der Waals surface area contributed by atoms with Crippen molar-refractivity contribution < 1.29 is 9.18 Å². The Labute approximate surface area is 198 Å². The van der Waals surface area contributed by atoms with Gasteiger partial charge in [-0.05, 0) is 54.7 Å². The second kappa shape index (κ2) is 10.9. The lowest BCUT2D eigenvalue weighted by Crippen LogP contribution is -2.45. The summed E-state index contributed by atoms with van der Waals surface area (Å²) in [5, 5.41) is 7.27. The molecule has 30 heavy (non-hydrogen) atoms. The van der Waals surface area contributed by atoms with Gasteiger partial charge in [0.05, 0.1) is 5.92 Å². The molecule has 2 aromatic rings. The number of amides is 1. The third kappa shape index (κ3) is 6.57. The number of halogens is 3. The molecule has 1 amide bonds. The first-order valence-electron chi connectivity index (χ1n) is 9.66. The Kier molecular flexibility index (Phi) is 8.91. The number of nitrogens with two attached hydrogens (primary N) is 1. The minimum absolute atomic E-state index is 0. The number of hydrogen-bond donors (Lipinski definition) is 3. The fourth-order valence-electron chi connectivity index (χ4n) is 3.41. The number of aliphatic imine (C=N–C) groups is 1. The summed E-state index contributed by atoms with van der Waals surface area (Å²) in [5.74, 6) is -0.527. The lowest BCUT2D eigenvalue weighted by molar-refractivity contribution is -0.121. The van der Waals surface area contributed by atoms with E-state index in [-0.39, 0.29) is 35.2 Å². The summed E-state index contributed by atoms with van der Waals surface area (Å²) < 4.78 is 13.1. The summed E-state index contributed by atoms with van der Waals surface area (Å²) in [6.45, 7) is 1.07. The predicted molar refractivity (Wildman–Crippen MR) is 130 cm³/mol. The van der Waals surface area contributed by atoms with Crippen molar-refractivity contribution in [2.45, 2.75) is 24.7 Å². The Bertz CT molecular complexity index is 887. The van der Waals surface area contributed by atoms with Crippen LogP contribution in [0.25, 0.3) is 0 Å². The van der Waals surface area contributed by atoms with Crippen molar-refractivity contribution in [1.82, 2.24) is 10.6 Å². The Hall–Kier alpha value is -1.87. The highest BCUT2D eigenvalue weighted by atomic mass is 127. The third-order valence-corrected chi connectivity index (χ3v) is 5.66. The number of primary amides is 1. The fraction of sp³-hybridized carbons (Fsp3) is 0.364. The molecule has 0 aliphatic heterocycles. The molecule has 2 aromatic carbocycles. The van der Waals surface area contributed by atoms with Gasteiger partial charge in [-0.15, -0.1) is 24.0 Å². The molecule has 1 atom stereocenters. The molecular formula is C22H27ClFIN4O. The summed E-state index contributed by atoms with van der Waals surface area (Å²) in [4.78, 5) is 16.1. The average Bonchev–Trinajstić information content (AvgIpc) is 3.49. The second-order valence-electron chi connectivity index (χ2n) is 7.53. The molecule has 3 rings (SSSR count). The normalized spacial score (nSPS) is 15.6. The van der Waals surface area contributed by atoms with Crippen molar-refractivity contribution in [1.29, 1.82) is 0 Å². The predicted octanol–water partition coefficient (Wildman–Crippen LogP) is 3.64. The number of nitrogens with zero attached hydrogens (tertiary/aromatic N) is 1. The minimum atomic E-state index is -0.429. The SMILES string of the molecule is CN=C(NCC(Cc1ccc(F)cc1)C(N)=O)NCC1(c2cccc(Cl)c2)CC1.I. The zero-order valence-electron chi connectivity index (χ0n) is 16.8. The number of rotatable bonds is 8. The zero-order valence-corrected chi connectivity index (χ0v) is 19.9. The molecule has 1 saturated carbocycles. The van der Waals surface area contributed by atoms with E-state index < -0.39 is 11.8 Å². The molecule has 1 aliphatic carbocycles. The van der Waals surface area contributed by atoms with Gasteiger partial charge in [-0.3, -0.25) is 9.79 Å². The molecule has 162 valence electrons. The smallest absolute Gasteiger partial charge is 0.222 e. The van der Waals surface area contributed by atoms with Crippen LogP contribution in [-0.2, 0) is 16.6 Å². The van der Waals surface area contributed by atoms with E-state index in [0.717, 1.165) is 30.0 Å². The van der Waals surface area contributed by atoms with Crippen molar-refractivity contribution in [3.05, 3.63) is 70.5 Å². The minimum Gasteiger partial charge on any atom is -0.369 e. The van der Waals surface area contributed by atoms with E-state index in [1.165, 1.54) is 17.7 Å². The van der Waals surface area contributed by atoms with E-state index in [1.807, 2.05) is 18.2 Å². The molecule has 8 heteroatoms. The van der Waals surface area contributed by atoms with Crippen LogP contribution in [0, 0.1) is 11.7 Å². The zero-order chi connectivity index (χ0) is 20.9. The van der Waals surface area contributed by atoms with Crippen LogP contribution in [0.15, 0.2) is 53.5 Å². The molecule has 4 N–H and O–H groups in total. The first-order valence-corrected chi connectivity index (χ1v) is 10.0. The van der Waals surface area contributed by atoms with Gasteiger partial charge in [0.2, 0.25) is 5.91 Å². The van der Waals surface area contributed by atoms with Gasteiger partial charge in [-0.1, -0.05) is 35.9 Å². The molecule has 1 aliphatic rings. The summed E-state index contributed by atoms with van der Waals surface area (Å²) in [6.07, 6.45) is 2.61. The molecule has 0 heterocycles. The van der Waals surface area contributed by atoms with E-state index >= 15 is 0 Å². The van der Waals surface area contributed by atoms with Gasteiger partial charge in [0.1, 0.15) is 5.82 Å². The number of nitrogens with one attached hydrogen (secondary N) is 2. The van der Waals surface area contributed by atoms with E-state index in [9.17, 15) is 9.18 Å². The van der Waals surface area contributed by atoms with Crippen molar-refractivity contribution in [3.8, 4) is 0 Å². The van der Waals surface area contributed by atoms with Gasteiger partial charge in [0.25, 0.3) is 0 Å². The maximum absolute atomic E-state index is 13.1. The highest BCUT2D eigenvalue weighted by molar-refractivity contribution is 14.0. The maximum atomic E-state index is 13.1. The molecule has 1 fully saturated rings. The first-order chi connectivity index (χ1) is 13.9. The van der Waals surface area contributed by atoms with Crippen LogP contribution >= 0.6 is 35.6 Å². The van der Waals surface area contributed by atoms with Gasteiger partial charge < -0.3 is 16.4 Å². The highest BCUT2D eigenvalue weighted by Crippen LogP contribution is 2.48. The summed E-state index contributed by atoms with van der Waals surface area (Å²) in [5.41, 5.74) is 7.71. The van der Waals surface area contributed by atoms with Crippen LogP contribution < -0.4 is 16.4 Å². The Morgan fingerprint density at radius 2 is 1.93 bits per heavy atom. The van der Waals surface area contributed by atoms with E-state index in [1.54, 1.807) is 19.2 Å². The Balaban J connectivity index is 0.00000320.